The summed E-state index contributed by atoms with van der Waals surface area (Å²) in [4.78, 5) is 28.9. The van der Waals surface area contributed by atoms with Gasteiger partial charge in [-0.1, -0.05) is 88.4 Å². The summed E-state index contributed by atoms with van der Waals surface area (Å²) in [7, 11) is -3.82. The molecule has 2 amide bonds. The Kier molecular flexibility index (Phi) is 10.9. The van der Waals surface area contributed by atoms with Gasteiger partial charge in [-0.05, 0) is 60.1 Å². The average molecular weight is 611 g/mol. The maximum Gasteiger partial charge on any atom is 0.244 e. The highest BCUT2D eigenvalue weighted by Gasteiger charge is 2.33. The number of amides is 2. The molecular formula is C30H41Cl2N3O4S. The molecule has 1 fully saturated rings. The first kappa shape index (κ1) is 32.2. The molecule has 0 aliphatic heterocycles. The third-order valence-electron chi connectivity index (χ3n) is 7.39. The zero-order chi connectivity index (χ0) is 29.7. The van der Waals surface area contributed by atoms with E-state index in [0.717, 1.165) is 48.2 Å². The Morgan fingerprint density at radius 1 is 1.02 bits per heavy atom. The van der Waals surface area contributed by atoms with E-state index in [1.54, 1.807) is 30.3 Å². The van der Waals surface area contributed by atoms with Crippen LogP contribution in [-0.4, -0.2) is 50.0 Å². The summed E-state index contributed by atoms with van der Waals surface area (Å²) < 4.78 is 26.9. The van der Waals surface area contributed by atoms with E-state index in [1.165, 1.54) is 4.90 Å². The van der Waals surface area contributed by atoms with Gasteiger partial charge in [-0.2, -0.15) is 0 Å². The van der Waals surface area contributed by atoms with Crippen molar-refractivity contribution >= 4 is 50.7 Å². The number of carbonyl (C=O) groups is 2. The number of rotatable bonds is 10. The van der Waals surface area contributed by atoms with Gasteiger partial charge in [0.25, 0.3) is 0 Å². The SMILES string of the molecule is CC[C@@H](C(=O)NC1CCCCC1)N(Cc1ccc(Cl)cc1Cl)C(=O)CN(c1ccc(C(C)(C)C)cc1)S(C)(=O)=O. The summed E-state index contributed by atoms with van der Waals surface area (Å²) in [5.74, 6) is -0.741. The number of benzene rings is 2. The first-order valence-corrected chi connectivity index (χ1v) is 16.4. The van der Waals surface area contributed by atoms with Crippen LogP contribution in [-0.2, 0) is 31.6 Å². The minimum Gasteiger partial charge on any atom is -0.352 e. The van der Waals surface area contributed by atoms with Crippen molar-refractivity contribution in [2.45, 2.75) is 90.3 Å². The molecule has 0 unspecified atom stereocenters. The Balaban J connectivity index is 1.94. The Hall–Kier alpha value is -2.29. The largest absolute Gasteiger partial charge is 0.352 e. The van der Waals surface area contributed by atoms with Crippen LogP contribution in [0.2, 0.25) is 10.0 Å². The fourth-order valence-corrected chi connectivity index (χ4v) is 6.36. The molecule has 3 rings (SSSR count). The lowest BCUT2D eigenvalue weighted by atomic mass is 9.87. The molecule has 0 bridgehead atoms. The quantitative estimate of drug-likeness (QED) is 0.342. The van der Waals surface area contributed by atoms with Gasteiger partial charge in [-0.3, -0.25) is 13.9 Å². The maximum absolute atomic E-state index is 14.0. The van der Waals surface area contributed by atoms with Crippen molar-refractivity contribution in [2.24, 2.45) is 0 Å². The van der Waals surface area contributed by atoms with Crippen LogP contribution in [0.25, 0.3) is 0 Å². The van der Waals surface area contributed by atoms with Crippen LogP contribution in [0.5, 0.6) is 0 Å². The number of halogens is 2. The van der Waals surface area contributed by atoms with Crippen molar-refractivity contribution in [3.05, 3.63) is 63.6 Å². The van der Waals surface area contributed by atoms with Gasteiger partial charge in [0.2, 0.25) is 21.8 Å². The zero-order valence-electron chi connectivity index (χ0n) is 24.0. The molecule has 1 aliphatic rings. The van der Waals surface area contributed by atoms with Crippen molar-refractivity contribution in [3.63, 3.8) is 0 Å². The molecule has 0 heterocycles. The second-order valence-corrected chi connectivity index (χ2v) is 14.3. The smallest absolute Gasteiger partial charge is 0.244 e. The van der Waals surface area contributed by atoms with Gasteiger partial charge in [0.1, 0.15) is 12.6 Å². The van der Waals surface area contributed by atoms with Gasteiger partial charge in [0.05, 0.1) is 11.9 Å². The molecule has 7 nitrogen and oxygen atoms in total. The van der Waals surface area contributed by atoms with Crippen molar-refractivity contribution in [3.8, 4) is 0 Å². The lowest BCUT2D eigenvalue weighted by Gasteiger charge is -2.34. The van der Waals surface area contributed by atoms with Crippen molar-refractivity contribution in [1.82, 2.24) is 10.2 Å². The van der Waals surface area contributed by atoms with E-state index in [-0.39, 0.29) is 23.9 Å². The van der Waals surface area contributed by atoms with Crippen molar-refractivity contribution < 1.29 is 18.0 Å². The summed E-state index contributed by atoms with van der Waals surface area (Å²) in [6, 6.07) is 11.4. The number of sulfonamides is 1. The van der Waals surface area contributed by atoms with E-state index in [2.05, 4.69) is 26.1 Å². The summed E-state index contributed by atoms with van der Waals surface area (Å²) in [6.07, 6.45) is 6.52. The summed E-state index contributed by atoms with van der Waals surface area (Å²) in [5, 5.41) is 3.95. The predicted octanol–water partition coefficient (Wildman–Crippen LogP) is 6.31. The average Bonchev–Trinajstić information content (AvgIpc) is 2.87. The van der Waals surface area contributed by atoms with Gasteiger partial charge in [-0.25, -0.2) is 8.42 Å². The summed E-state index contributed by atoms with van der Waals surface area (Å²) in [6.45, 7) is 7.64. The third-order valence-corrected chi connectivity index (χ3v) is 9.12. The lowest BCUT2D eigenvalue weighted by molar-refractivity contribution is -0.140. The molecule has 1 atom stereocenters. The standard InChI is InChI=1S/C30H41Cl2N3O4S/c1-6-27(29(37)33-24-10-8-7-9-11-24)34(19-21-12-15-23(31)18-26(21)32)28(36)20-35(40(5,38)39)25-16-13-22(14-17-25)30(2,3)4/h12-18,24,27H,6-11,19-20H2,1-5H3,(H,33,37)/t27-/m0/s1. The minimum absolute atomic E-state index is 0.0337. The molecule has 0 spiro atoms. The Labute approximate surface area is 249 Å². The molecule has 1 saturated carbocycles. The van der Waals surface area contributed by atoms with Crippen LogP contribution >= 0.6 is 23.2 Å². The molecule has 0 aromatic heterocycles. The van der Waals surface area contributed by atoms with Crippen molar-refractivity contribution in [1.29, 1.82) is 0 Å². The molecule has 0 radical (unpaired) electrons. The van der Waals surface area contributed by atoms with Gasteiger partial charge in [0.15, 0.2) is 0 Å². The lowest BCUT2D eigenvalue weighted by Crippen LogP contribution is -2.54. The van der Waals surface area contributed by atoms with Crippen LogP contribution in [0.3, 0.4) is 0 Å². The predicted molar refractivity (Wildman–Crippen MR) is 163 cm³/mol. The van der Waals surface area contributed by atoms with Crippen molar-refractivity contribution in [2.75, 3.05) is 17.1 Å². The van der Waals surface area contributed by atoms with Gasteiger partial charge in [0, 0.05) is 22.6 Å². The van der Waals surface area contributed by atoms with Crippen LogP contribution < -0.4 is 9.62 Å². The molecule has 40 heavy (non-hydrogen) atoms. The van der Waals surface area contributed by atoms with Crippen LogP contribution in [0.1, 0.15) is 77.3 Å². The van der Waals surface area contributed by atoms with Gasteiger partial charge >= 0.3 is 0 Å². The zero-order valence-corrected chi connectivity index (χ0v) is 26.4. The summed E-state index contributed by atoms with van der Waals surface area (Å²) >= 11 is 12.5. The van der Waals surface area contributed by atoms with Crippen LogP contribution in [0, 0.1) is 0 Å². The first-order chi connectivity index (χ1) is 18.7. The molecule has 1 N–H and O–H groups in total. The molecule has 2 aromatic rings. The Morgan fingerprint density at radius 3 is 2.17 bits per heavy atom. The fourth-order valence-electron chi connectivity index (χ4n) is 5.04. The topological polar surface area (TPSA) is 86.8 Å². The van der Waals surface area contributed by atoms with E-state index in [1.807, 2.05) is 19.1 Å². The van der Waals surface area contributed by atoms with Gasteiger partial charge < -0.3 is 10.2 Å². The minimum atomic E-state index is -3.82. The molecule has 0 saturated heterocycles. The highest BCUT2D eigenvalue weighted by Crippen LogP contribution is 2.28. The third kappa shape index (κ3) is 8.60. The first-order valence-electron chi connectivity index (χ1n) is 13.8. The number of hydrogen-bond donors (Lipinski definition) is 1. The molecule has 1 aliphatic carbocycles. The normalized spacial score (nSPS) is 15.4. The van der Waals surface area contributed by atoms with E-state index in [9.17, 15) is 18.0 Å². The number of carbonyl (C=O) groups excluding carboxylic acids is 2. The van der Waals surface area contributed by atoms with Gasteiger partial charge in [-0.15, -0.1) is 0 Å². The number of nitrogens with zero attached hydrogens (tertiary/aromatic N) is 2. The number of anilines is 1. The second-order valence-electron chi connectivity index (χ2n) is 11.6. The highest BCUT2D eigenvalue weighted by atomic mass is 35.5. The molecular weight excluding hydrogens is 569 g/mol. The van der Waals surface area contributed by atoms with E-state index in [4.69, 9.17) is 23.2 Å². The number of nitrogens with one attached hydrogen (secondary N) is 1. The fraction of sp³-hybridized carbons (Fsp3) is 0.533. The Bertz CT molecular complexity index is 1290. The monoisotopic (exact) mass is 609 g/mol. The van der Waals surface area contributed by atoms with E-state index < -0.39 is 28.5 Å². The van der Waals surface area contributed by atoms with E-state index >= 15 is 0 Å². The van der Waals surface area contributed by atoms with E-state index in [0.29, 0.717) is 27.7 Å². The van der Waals surface area contributed by atoms with Crippen LogP contribution in [0.15, 0.2) is 42.5 Å². The molecule has 220 valence electrons. The highest BCUT2D eigenvalue weighted by molar-refractivity contribution is 7.92. The maximum atomic E-state index is 14.0. The molecule has 10 heteroatoms. The summed E-state index contributed by atoms with van der Waals surface area (Å²) in [5.41, 5.74) is 1.93. The Morgan fingerprint density at radius 2 is 1.65 bits per heavy atom. The number of hydrogen-bond acceptors (Lipinski definition) is 4. The van der Waals surface area contributed by atoms with Crippen LogP contribution in [0.4, 0.5) is 5.69 Å². The second kappa shape index (κ2) is 13.6. The molecule has 2 aromatic carbocycles.